The number of aryl methyl sites for hydroxylation is 1. The predicted octanol–water partition coefficient (Wildman–Crippen LogP) is 0.715. The Hall–Kier alpha value is -2.19. The number of benzene rings is 1. The van der Waals surface area contributed by atoms with Crippen molar-refractivity contribution in [1.82, 2.24) is 9.78 Å². The molecule has 0 radical (unpaired) electrons. The summed E-state index contributed by atoms with van der Waals surface area (Å²) in [5.74, 6) is -0.252. The van der Waals surface area contributed by atoms with E-state index in [-0.39, 0.29) is 29.0 Å². The minimum Gasteiger partial charge on any atom is -0.394 e. The van der Waals surface area contributed by atoms with E-state index in [1.807, 2.05) is 6.07 Å². The molecule has 25 heavy (non-hydrogen) atoms. The average molecular weight is 363 g/mol. The Labute approximate surface area is 146 Å². The van der Waals surface area contributed by atoms with Crippen molar-refractivity contribution in [2.24, 2.45) is 7.05 Å². The Morgan fingerprint density at radius 1 is 1.28 bits per heavy atom. The van der Waals surface area contributed by atoms with Crippen LogP contribution in [0.4, 0.5) is 5.69 Å². The van der Waals surface area contributed by atoms with Crippen LogP contribution in [0.25, 0.3) is 0 Å². The molecule has 0 bridgehead atoms. The molecule has 7 nitrogen and oxygen atoms in total. The second-order valence-electron chi connectivity index (χ2n) is 6.20. The second-order valence-corrected chi connectivity index (χ2v) is 8.13. The van der Waals surface area contributed by atoms with Crippen LogP contribution in [0.5, 0.6) is 0 Å². The molecule has 134 valence electrons. The van der Waals surface area contributed by atoms with E-state index in [2.05, 4.69) is 5.10 Å². The van der Waals surface area contributed by atoms with Gasteiger partial charge in [-0.1, -0.05) is 30.3 Å². The molecule has 0 aliphatic carbocycles. The normalized spacial score (nSPS) is 17.8. The van der Waals surface area contributed by atoms with E-state index in [4.69, 9.17) is 0 Å². The molecule has 0 saturated carbocycles. The van der Waals surface area contributed by atoms with Crippen LogP contribution in [0.2, 0.25) is 0 Å². The van der Waals surface area contributed by atoms with Crippen molar-refractivity contribution >= 4 is 15.5 Å². The van der Waals surface area contributed by atoms with Gasteiger partial charge in [-0.2, -0.15) is 5.10 Å². The molecule has 8 heteroatoms. The molecule has 3 rings (SSSR count). The van der Waals surface area contributed by atoms with Crippen LogP contribution in [0.3, 0.4) is 0 Å². The summed E-state index contributed by atoms with van der Waals surface area (Å²) in [7, 11) is -2.43. The third kappa shape index (κ3) is 3.45. The van der Waals surface area contributed by atoms with Gasteiger partial charge in [-0.3, -0.25) is 4.79 Å². The largest absolute Gasteiger partial charge is 0.394 e. The Balaban J connectivity index is 2.11. The molecule has 1 aliphatic heterocycles. The van der Waals surface area contributed by atoms with Crippen LogP contribution in [-0.4, -0.2) is 42.5 Å². The highest BCUT2D eigenvalue weighted by molar-refractivity contribution is 7.90. The van der Waals surface area contributed by atoms with Crippen molar-refractivity contribution in [3.8, 4) is 0 Å². The molecular formula is C17H21N3O4S. The third-order valence-corrected chi connectivity index (χ3v) is 6.20. The minimum absolute atomic E-state index is 0.0899. The van der Waals surface area contributed by atoms with Crippen molar-refractivity contribution in [3.05, 3.63) is 52.4 Å². The molecule has 1 aliphatic rings. The summed E-state index contributed by atoms with van der Waals surface area (Å²) in [6, 6.07) is 8.57. The molecule has 1 N–H and O–H groups in total. The first-order valence-electron chi connectivity index (χ1n) is 8.14. The van der Waals surface area contributed by atoms with E-state index < -0.39 is 15.4 Å². The monoisotopic (exact) mass is 363 g/mol. The minimum atomic E-state index is -3.86. The number of nitrogens with zero attached hydrogens (tertiary/aromatic N) is 3. The van der Waals surface area contributed by atoms with E-state index in [0.717, 1.165) is 17.5 Å². The average Bonchev–Trinajstić information content (AvgIpc) is 3.06. The molecule has 1 unspecified atom stereocenters. The van der Waals surface area contributed by atoms with Gasteiger partial charge in [0, 0.05) is 13.6 Å². The zero-order valence-corrected chi connectivity index (χ0v) is 14.8. The number of hydrogen-bond acceptors (Lipinski definition) is 6. The quantitative estimate of drug-likeness (QED) is 0.841. The van der Waals surface area contributed by atoms with Crippen molar-refractivity contribution in [2.75, 3.05) is 18.1 Å². The van der Waals surface area contributed by atoms with E-state index in [1.165, 1.54) is 13.2 Å². The van der Waals surface area contributed by atoms with Crippen molar-refractivity contribution in [2.45, 2.75) is 29.5 Å². The molecular weight excluding hydrogens is 342 g/mol. The number of rotatable bonds is 5. The van der Waals surface area contributed by atoms with E-state index in [0.29, 0.717) is 12.1 Å². The Morgan fingerprint density at radius 3 is 2.68 bits per heavy atom. The van der Waals surface area contributed by atoms with Gasteiger partial charge in [-0.15, -0.1) is 0 Å². The maximum absolute atomic E-state index is 13.0. The van der Waals surface area contributed by atoms with Gasteiger partial charge >= 0.3 is 0 Å². The number of hydrogen-bond donors (Lipinski definition) is 1. The fraction of sp³-hybridized carbons (Fsp3) is 0.412. The summed E-state index contributed by atoms with van der Waals surface area (Å²) in [6.45, 7) is 0.501. The van der Waals surface area contributed by atoms with Crippen molar-refractivity contribution in [1.29, 1.82) is 0 Å². The molecule has 0 spiro atoms. The molecule has 2 aromatic rings. The zero-order valence-electron chi connectivity index (χ0n) is 14.0. The summed E-state index contributed by atoms with van der Waals surface area (Å²) in [5.41, 5.74) is 0.264. The summed E-state index contributed by atoms with van der Waals surface area (Å²) >= 11 is 0. The number of anilines is 1. The number of aliphatic hydroxyl groups is 1. The molecule has 1 aromatic carbocycles. The maximum Gasteiger partial charge on any atom is 0.287 e. The van der Waals surface area contributed by atoms with Gasteiger partial charge in [0.25, 0.3) is 5.56 Å². The number of aromatic nitrogens is 2. The first-order valence-corrected chi connectivity index (χ1v) is 9.80. The molecule has 0 amide bonds. The van der Waals surface area contributed by atoms with Gasteiger partial charge in [0.1, 0.15) is 0 Å². The summed E-state index contributed by atoms with van der Waals surface area (Å²) in [4.78, 5) is 14.2. The zero-order chi connectivity index (χ0) is 18.0. The number of aliphatic hydroxyl groups excluding tert-OH is 1. The van der Waals surface area contributed by atoms with Gasteiger partial charge in [0.15, 0.2) is 14.7 Å². The summed E-state index contributed by atoms with van der Waals surface area (Å²) < 4.78 is 27.1. The standard InChI is InChI=1S/C17H21N3O4S/c1-19-17(22)16(25(23,24)12-13-6-3-2-4-7-13)15(10-18-19)20-9-5-8-14(20)11-21/h2-4,6-7,10,14,21H,5,8-9,11-12H2,1H3. The first-order chi connectivity index (χ1) is 11.9. The van der Waals surface area contributed by atoms with Crippen LogP contribution in [0.15, 0.2) is 46.2 Å². The van der Waals surface area contributed by atoms with E-state index in [1.54, 1.807) is 29.2 Å². The molecule has 1 fully saturated rings. The molecule has 1 saturated heterocycles. The smallest absolute Gasteiger partial charge is 0.287 e. The predicted molar refractivity (Wildman–Crippen MR) is 94.3 cm³/mol. The van der Waals surface area contributed by atoms with Gasteiger partial charge in [0.2, 0.25) is 0 Å². The lowest BCUT2D eigenvalue weighted by Gasteiger charge is -2.26. The van der Waals surface area contributed by atoms with Gasteiger partial charge in [-0.05, 0) is 18.4 Å². The Morgan fingerprint density at radius 2 is 2.00 bits per heavy atom. The van der Waals surface area contributed by atoms with Crippen LogP contribution >= 0.6 is 0 Å². The van der Waals surface area contributed by atoms with Gasteiger partial charge in [-0.25, -0.2) is 13.1 Å². The lowest BCUT2D eigenvalue weighted by atomic mass is 10.2. The van der Waals surface area contributed by atoms with Crippen LogP contribution in [-0.2, 0) is 22.6 Å². The number of sulfone groups is 1. The highest BCUT2D eigenvalue weighted by Gasteiger charge is 2.32. The van der Waals surface area contributed by atoms with Crippen molar-refractivity contribution in [3.63, 3.8) is 0 Å². The fourth-order valence-corrected chi connectivity index (χ4v) is 4.88. The molecule has 1 atom stereocenters. The Kier molecular flexibility index (Phi) is 4.91. The Bertz CT molecular complexity index is 909. The van der Waals surface area contributed by atoms with Gasteiger partial charge in [0.05, 0.1) is 30.3 Å². The molecule has 1 aromatic heterocycles. The lowest BCUT2D eigenvalue weighted by Crippen LogP contribution is -2.37. The first kappa shape index (κ1) is 17.6. The SMILES string of the molecule is Cn1ncc(N2CCCC2CO)c(S(=O)(=O)Cc2ccccc2)c1=O. The third-order valence-electron chi connectivity index (χ3n) is 4.48. The highest BCUT2D eigenvalue weighted by Crippen LogP contribution is 2.30. The maximum atomic E-state index is 13.0. The van der Waals surface area contributed by atoms with Crippen LogP contribution in [0, 0.1) is 0 Å². The van der Waals surface area contributed by atoms with E-state index in [9.17, 15) is 18.3 Å². The van der Waals surface area contributed by atoms with Crippen molar-refractivity contribution < 1.29 is 13.5 Å². The highest BCUT2D eigenvalue weighted by atomic mass is 32.2. The summed E-state index contributed by atoms with van der Waals surface area (Å²) in [5, 5.41) is 13.5. The van der Waals surface area contributed by atoms with Crippen LogP contribution < -0.4 is 10.5 Å². The molecule has 2 heterocycles. The summed E-state index contributed by atoms with van der Waals surface area (Å²) in [6.07, 6.45) is 3.00. The van der Waals surface area contributed by atoms with E-state index >= 15 is 0 Å². The second kappa shape index (κ2) is 6.97. The fourth-order valence-electron chi connectivity index (χ4n) is 3.21. The topological polar surface area (TPSA) is 92.5 Å². The lowest BCUT2D eigenvalue weighted by molar-refractivity contribution is 0.266. The van der Waals surface area contributed by atoms with Crippen LogP contribution in [0.1, 0.15) is 18.4 Å². The van der Waals surface area contributed by atoms with Gasteiger partial charge < -0.3 is 10.0 Å².